The van der Waals surface area contributed by atoms with E-state index in [1.165, 1.54) is 11.8 Å². The molecule has 3 aromatic rings. The molecule has 8 heteroatoms. The number of ether oxygens (including phenoxy) is 1. The second-order valence-corrected chi connectivity index (χ2v) is 9.03. The Balaban J connectivity index is 1.52. The molecule has 2 heterocycles. The van der Waals surface area contributed by atoms with Gasteiger partial charge in [0.2, 0.25) is 5.91 Å². The lowest BCUT2D eigenvalue weighted by Gasteiger charge is -2.22. The number of para-hydroxylation sites is 2. The number of thioether (sulfide) groups is 1. The molecule has 0 aliphatic heterocycles. The third kappa shape index (κ3) is 4.60. The van der Waals surface area contributed by atoms with E-state index >= 15 is 0 Å². The van der Waals surface area contributed by atoms with Gasteiger partial charge in [0.05, 0.1) is 25.1 Å². The van der Waals surface area contributed by atoms with Gasteiger partial charge in [-0.05, 0) is 49.3 Å². The van der Waals surface area contributed by atoms with Crippen molar-refractivity contribution in [3.05, 3.63) is 68.4 Å². The number of aromatic nitrogens is 2. The molecule has 1 amide bonds. The minimum Gasteiger partial charge on any atom is -0.495 e. The predicted octanol–water partition coefficient (Wildman–Crippen LogP) is 3.97. The van der Waals surface area contributed by atoms with Crippen LogP contribution in [0, 0.1) is 0 Å². The van der Waals surface area contributed by atoms with Crippen LogP contribution in [0.2, 0.25) is 0 Å². The first kappa shape index (κ1) is 20.7. The molecule has 1 N–H and O–H groups in total. The smallest absolute Gasteiger partial charge is 0.349 e. The van der Waals surface area contributed by atoms with Gasteiger partial charge < -0.3 is 10.1 Å². The first-order valence-electron chi connectivity index (χ1n) is 9.86. The maximum absolute atomic E-state index is 12.8. The number of thiophene rings is 1. The zero-order valence-electron chi connectivity index (χ0n) is 16.7. The Morgan fingerprint density at radius 1 is 1.23 bits per heavy atom. The lowest BCUT2D eigenvalue weighted by molar-refractivity contribution is -0.113. The van der Waals surface area contributed by atoms with Crippen LogP contribution < -0.4 is 15.7 Å². The van der Waals surface area contributed by atoms with Gasteiger partial charge in [0.25, 0.3) is 0 Å². The summed E-state index contributed by atoms with van der Waals surface area (Å²) in [4.78, 5) is 30.8. The second-order valence-electron chi connectivity index (χ2n) is 7.03. The lowest BCUT2D eigenvalue weighted by atomic mass is 9.97. The molecule has 1 aromatic carbocycles. The first-order valence-corrected chi connectivity index (χ1v) is 11.7. The molecule has 2 aromatic heterocycles. The van der Waals surface area contributed by atoms with Gasteiger partial charge in [0.15, 0.2) is 0 Å². The summed E-state index contributed by atoms with van der Waals surface area (Å²) >= 11 is 2.98. The van der Waals surface area contributed by atoms with Gasteiger partial charge in [-0.3, -0.25) is 9.36 Å². The number of hydrogen-bond acceptors (Lipinski definition) is 6. The fraction of sp³-hybridized carbons (Fsp3) is 0.318. The molecule has 30 heavy (non-hydrogen) atoms. The number of benzene rings is 1. The molecule has 0 unspecified atom stereocenters. The number of fused-ring (bicyclic) bond motifs is 1. The minimum atomic E-state index is -0.239. The largest absolute Gasteiger partial charge is 0.495 e. The highest BCUT2D eigenvalue weighted by molar-refractivity contribution is 8.00. The number of nitrogens with one attached hydrogen (secondary N) is 1. The van der Waals surface area contributed by atoms with E-state index in [0.29, 0.717) is 23.0 Å². The van der Waals surface area contributed by atoms with E-state index in [4.69, 9.17) is 4.74 Å². The molecule has 0 radical (unpaired) electrons. The monoisotopic (exact) mass is 441 g/mol. The van der Waals surface area contributed by atoms with Crippen molar-refractivity contribution >= 4 is 34.7 Å². The molecule has 0 spiro atoms. The van der Waals surface area contributed by atoms with Gasteiger partial charge in [0, 0.05) is 16.1 Å². The van der Waals surface area contributed by atoms with E-state index in [-0.39, 0.29) is 17.3 Å². The normalized spacial score (nSPS) is 13.0. The quantitative estimate of drug-likeness (QED) is 0.444. The Morgan fingerprint density at radius 3 is 2.87 bits per heavy atom. The average molecular weight is 442 g/mol. The molecule has 0 atom stereocenters. The third-order valence-electron chi connectivity index (χ3n) is 5.07. The number of methoxy groups -OCH3 is 1. The van der Waals surface area contributed by atoms with Crippen molar-refractivity contribution in [2.75, 3.05) is 18.2 Å². The Hall–Kier alpha value is -2.58. The Morgan fingerprint density at radius 2 is 2.07 bits per heavy atom. The second kappa shape index (κ2) is 9.49. The van der Waals surface area contributed by atoms with Crippen LogP contribution in [0.15, 0.2) is 51.6 Å². The van der Waals surface area contributed by atoms with Crippen molar-refractivity contribution in [3.63, 3.8) is 0 Å². The summed E-state index contributed by atoms with van der Waals surface area (Å²) in [5.74, 6) is 0.646. The summed E-state index contributed by atoms with van der Waals surface area (Å²) in [6.07, 6.45) is 3.91. The van der Waals surface area contributed by atoms with Crippen molar-refractivity contribution in [2.45, 2.75) is 37.3 Å². The van der Waals surface area contributed by atoms with E-state index in [1.807, 2.05) is 29.6 Å². The summed E-state index contributed by atoms with van der Waals surface area (Å²) in [5, 5.41) is 5.58. The van der Waals surface area contributed by atoms with E-state index in [1.54, 1.807) is 35.1 Å². The predicted molar refractivity (Wildman–Crippen MR) is 121 cm³/mol. The van der Waals surface area contributed by atoms with E-state index in [0.717, 1.165) is 41.8 Å². The SMILES string of the molecule is COc1ccccc1NC(=O)CSc1nc(=O)n(Cc2cccs2)c2c1CCCC2. The summed E-state index contributed by atoms with van der Waals surface area (Å²) in [6.45, 7) is 0.561. The maximum atomic E-state index is 12.8. The zero-order chi connectivity index (χ0) is 20.9. The molecule has 0 fully saturated rings. The lowest BCUT2D eigenvalue weighted by Crippen LogP contribution is -2.30. The van der Waals surface area contributed by atoms with Gasteiger partial charge in [-0.1, -0.05) is 30.0 Å². The van der Waals surface area contributed by atoms with E-state index in [2.05, 4.69) is 10.3 Å². The summed E-state index contributed by atoms with van der Waals surface area (Å²) < 4.78 is 7.08. The third-order valence-corrected chi connectivity index (χ3v) is 6.94. The van der Waals surface area contributed by atoms with Gasteiger partial charge >= 0.3 is 5.69 Å². The van der Waals surface area contributed by atoms with Crippen LogP contribution in [0.4, 0.5) is 5.69 Å². The van der Waals surface area contributed by atoms with Crippen LogP contribution in [-0.2, 0) is 24.2 Å². The van der Waals surface area contributed by atoms with Crippen LogP contribution in [-0.4, -0.2) is 28.3 Å². The Kier molecular flexibility index (Phi) is 6.54. The number of carbonyl (C=O) groups excluding carboxylic acids is 1. The number of hydrogen-bond donors (Lipinski definition) is 1. The van der Waals surface area contributed by atoms with E-state index < -0.39 is 0 Å². The molecule has 1 aliphatic carbocycles. The average Bonchev–Trinajstić information content (AvgIpc) is 3.28. The molecule has 0 bridgehead atoms. The van der Waals surface area contributed by atoms with Crippen molar-refractivity contribution in [1.82, 2.24) is 9.55 Å². The highest BCUT2D eigenvalue weighted by atomic mass is 32.2. The highest BCUT2D eigenvalue weighted by Crippen LogP contribution is 2.29. The van der Waals surface area contributed by atoms with Crippen LogP contribution >= 0.6 is 23.1 Å². The molecular formula is C22H23N3O3S2. The van der Waals surface area contributed by atoms with Crippen molar-refractivity contribution in [3.8, 4) is 5.75 Å². The molecule has 156 valence electrons. The number of nitrogens with zero attached hydrogens (tertiary/aromatic N) is 2. The molecule has 6 nitrogen and oxygen atoms in total. The van der Waals surface area contributed by atoms with E-state index in [9.17, 15) is 9.59 Å². The van der Waals surface area contributed by atoms with Gasteiger partial charge in [0.1, 0.15) is 10.8 Å². The first-order chi connectivity index (χ1) is 14.7. The van der Waals surface area contributed by atoms with Crippen molar-refractivity contribution in [1.29, 1.82) is 0 Å². The molecule has 0 saturated heterocycles. The maximum Gasteiger partial charge on any atom is 0.349 e. The van der Waals surface area contributed by atoms with Crippen molar-refractivity contribution in [2.24, 2.45) is 0 Å². The van der Waals surface area contributed by atoms with Gasteiger partial charge in [-0.25, -0.2) is 4.79 Å². The van der Waals surface area contributed by atoms with Crippen LogP contribution in [0.3, 0.4) is 0 Å². The Labute approximate surface area is 183 Å². The van der Waals surface area contributed by atoms with Crippen LogP contribution in [0.5, 0.6) is 5.75 Å². The van der Waals surface area contributed by atoms with Crippen molar-refractivity contribution < 1.29 is 9.53 Å². The highest BCUT2D eigenvalue weighted by Gasteiger charge is 2.21. The summed E-state index contributed by atoms with van der Waals surface area (Å²) in [7, 11) is 1.57. The molecule has 0 saturated carbocycles. The minimum absolute atomic E-state index is 0.154. The number of rotatable bonds is 7. The fourth-order valence-electron chi connectivity index (χ4n) is 3.66. The standard InChI is InChI=1S/C22H23N3O3S2/c1-28-19-11-5-3-9-17(19)23-20(26)14-30-21-16-8-2-4-10-18(16)25(22(27)24-21)13-15-7-6-12-29-15/h3,5-7,9,11-12H,2,4,8,10,13-14H2,1H3,(H,23,26). The van der Waals surface area contributed by atoms with Crippen LogP contribution in [0.1, 0.15) is 29.0 Å². The summed E-state index contributed by atoms with van der Waals surface area (Å²) in [6, 6.07) is 11.3. The number of amides is 1. The molecular weight excluding hydrogens is 418 g/mol. The van der Waals surface area contributed by atoms with Crippen LogP contribution in [0.25, 0.3) is 0 Å². The Bertz CT molecular complexity index is 1090. The topological polar surface area (TPSA) is 73.2 Å². The van der Waals surface area contributed by atoms with Gasteiger partial charge in [-0.15, -0.1) is 11.3 Å². The molecule has 4 rings (SSSR count). The molecule has 1 aliphatic rings. The number of anilines is 1. The zero-order valence-corrected chi connectivity index (χ0v) is 18.4. The van der Waals surface area contributed by atoms with Gasteiger partial charge in [-0.2, -0.15) is 4.98 Å². The fourth-order valence-corrected chi connectivity index (χ4v) is 5.23. The summed E-state index contributed by atoms with van der Waals surface area (Å²) in [5.41, 5.74) is 2.58. The number of carbonyl (C=O) groups is 1.